The Labute approximate surface area is 155 Å². The van der Waals surface area contributed by atoms with Crippen LogP contribution in [-0.4, -0.2) is 28.5 Å². The van der Waals surface area contributed by atoms with Crippen LogP contribution < -0.4 is 10.6 Å². The highest BCUT2D eigenvalue weighted by molar-refractivity contribution is 5.90. The normalized spacial score (nSPS) is 14.3. The predicted molar refractivity (Wildman–Crippen MR) is 102 cm³/mol. The molecule has 132 valence electrons. The second-order valence-electron chi connectivity index (χ2n) is 5.80. The van der Waals surface area contributed by atoms with Crippen LogP contribution in [0.1, 0.15) is 25.7 Å². The lowest BCUT2D eigenvalue weighted by Gasteiger charge is -2.22. The molecule has 1 aromatic heterocycles. The number of aromatic nitrogens is 2. The van der Waals surface area contributed by atoms with Crippen LogP contribution in [0.4, 0.5) is 5.69 Å². The van der Waals surface area contributed by atoms with Crippen LogP contribution >= 0.6 is 24.8 Å². The molecule has 0 atom stereocenters. The van der Waals surface area contributed by atoms with E-state index in [2.05, 4.69) is 15.6 Å². The molecule has 0 unspecified atom stereocenters. The summed E-state index contributed by atoms with van der Waals surface area (Å²) in [5, 5.41) is 6.33. The van der Waals surface area contributed by atoms with Crippen LogP contribution in [-0.2, 0) is 4.79 Å². The molecule has 1 aliphatic heterocycles. The number of halogens is 2. The van der Waals surface area contributed by atoms with Crippen molar-refractivity contribution >= 4 is 36.4 Å². The van der Waals surface area contributed by atoms with Gasteiger partial charge in [-0.15, -0.1) is 24.8 Å². The molecule has 1 amide bonds. The Morgan fingerprint density at radius 1 is 1.21 bits per heavy atom. The topological polar surface area (TPSA) is 59.0 Å². The first kappa shape index (κ1) is 20.5. The van der Waals surface area contributed by atoms with Crippen LogP contribution in [0.25, 0.3) is 5.69 Å². The largest absolute Gasteiger partial charge is 0.326 e. The van der Waals surface area contributed by atoms with Gasteiger partial charge in [0, 0.05) is 30.2 Å². The molecular weight excluding hydrogens is 347 g/mol. The molecule has 0 aliphatic carbocycles. The fourth-order valence-electron chi connectivity index (χ4n) is 2.86. The molecule has 1 saturated heterocycles. The number of anilines is 1. The summed E-state index contributed by atoms with van der Waals surface area (Å²) in [6.07, 6.45) is 9.37. The second-order valence-corrected chi connectivity index (χ2v) is 5.80. The van der Waals surface area contributed by atoms with Gasteiger partial charge in [0.15, 0.2) is 0 Å². The number of rotatable bonds is 5. The van der Waals surface area contributed by atoms with Crippen molar-refractivity contribution < 1.29 is 4.79 Å². The van der Waals surface area contributed by atoms with Gasteiger partial charge in [0.1, 0.15) is 0 Å². The Morgan fingerprint density at radius 3 is 2.54 bits per heavy atom. The van der Waals surface area contributed by atoms with E-state index in [0.29, 0.717) is 12.3 Å². The third-order valence-corrected chi connectivity index (χ3v) is 4.19. The number of nitrogens with one attached hydrogen (secondary N) is 2. The van der Waals surface area contributed by atoms with Crippen molar-refractivity contribution in [3.05, 3.63) is 43.0 Å². The fourth-order valence-corrected chi connectivity index (χ4v) is 2.86. The molecule has 0 saturated carbocycles. The van der Waals surface area contributed by atoms with Crippen molar-refractivity contribution in [1.29, 1.82) is 0 Å². The molecule has 3 rings (SSSR count). The summed E-state index contributed by atoms with van der Waals surface area (Å²) in [4.78, 5) is 16.1. The molecule has 1 fully saturated rings. The summed E-state index contributed by atoms with van der Waals surface area (Å²) < 4.78 is 1.93. The lowest BCUT2D eigenvalue weighted by molar-refractivity contribution is -0.116. The molecule has 24 heavy (non-hydrogen) atoms. The molecule has 2 aromatic rings. The van der Waals surface area contributed by atoms with E-state index < -0.39 is 0 Å². The van der Waals surface area contributed by atoms with Gasteiger partial charge < -0.3 is 15.2 Å². The SMILES string of the molecule is Cl.Cl.O=C(CCC1CCNCC1)Nc1ccc(-n2ccnc2)cc1. The van der Waals surface area contributed by atoms with Crippen molar-refractivity contribution in [1.82, 2.24) is 14.9 Å². The third-order valence-electron chi connectivity index (χ3n) is 4.19. The maximum absolute atomic E-state index is 12.0. The highest BCUT2D eigenvalue weighted by Gasteiger charge is 2.14. The standard InChI is InChI=1S/C17H22N4O.2ClH/c22-17(6-1-14-7-9-18-10-8-14)20-15-2-4-16(5-3-15)21-12-11-19-13-21;;/h2-5,11-14,18H,1,6-10H2,(H,20,22);2*1H. The lowest BCUT2D eigenvalue weighted by Crippen LogP contribution is -2.28. The van der Waals surface area contributed by atoms with E-state index in [0.717, 1.165) is 30.9 Å². The average Bonchev–Trinajstić information content (AvgIpc) is 3.09. The summed E-state index contributed by atoms with van der Waals surface area (Å²) >= 11 is 0. The maximum Gasteiger partial charge on any atom is 0.224 e. The zero-order valence-electron chi connectivity index (χ0n) is 13.5. The lowest BCUT2D eigenvalue weighted by atomic mass is 9.93. The summed E-state index contributed by atoms with van der Waals surface area (Å²) in [5.74, 6) is 0.796. The second kappa shape index (κ2) is 10.3. The molecule has 5 nitrogen and oxygen atoms in total. The summed E-state index contributed by atoms with van der Waals surface area (Å²) in [7, 11) is 0. The van der Waals surface area contributed by atoms with E-state index in [4.69, 9.17) is 0 Å². The van der Waals surface area contributed by atoms with E-state index in [9.17, 15) is 4.79 Å². The zero-order chi connectivity index (χ0) is 15.2. The van der Waals surface area contributed by atoms with Crippen LogP contribution in [0.3, 0.4) is 0 Å². The molecule has 0 spiro atoms. The number of nitrogens with zero attached hydrogens (tertiary/aromatic N) is 2. The Bertz CT molecular complexity index is 596. The van der Waals surface area contributed by atoms with Gasteiger partial charge in [0.05, 0.1) is 6.33 Å². The fraction of sp³-hybridized carbons (Fsp3) is 0.412. The molecule has 0 radical (unpaired) electrons. The highest BCUT2D eigenvalue weighted by Crippen LogP contribution is 2.19. The summed E-state index contributed by atoms with van der Waals surface area (Å²) in [5.41, 5.74) is 1.88. The molecule has 0 bridgehead atoms. The molecule has 1 aliphatic rings. The monoisotopic (exact) mass is 370 g/mol. The van der Waals surface area contributed by atoms with Crippen molar-refractivity contribution in [2.45, 2.75) is 25.7 Å². The summed E-state index contributed by atoms with van der Waals surface area (Å²) in [6, 6.07) is 7.81. The minimum absolute atomic E-state index is 0. The first-order valence-corrected chi connectivity index (χ1v) is 7.90. The number of piperidine rings is 1. The van der Waals surface area contributed by atoms with Crippen molar-refractivity contribution in [3.8, 4) is 5.69 Å². The van der Waals surface area contributed by atoms with Crippen LogP contribution in [0.15, 0.2) is 43.0 Å². The van der Waals surface area contributed by atoms with Gasteiger partial charge in [-0.2, -0.15) is 0 Å². The van der Waals surface area contributed by atoms with Crippen molar-refractivity contribution in [3.63, 3.8) is 0 Å². The molecule has 2 N–H and O–H groups in total. The van der Waals surface area contributed by atoms with Gasteiger partial charge in [0.2, 0.25) is 5.91 Å². The highest BCUT2D eigenvalue weighted by atomic mass is 35.5. The van der Waals surface area contributed by atoms with E-state index in [-0.39, 0.29) is 30.7 Å². The number of benzene rings is 1. The van der Waals surface area contributed by atoms with E-state index in [1.165, 1.54) is 12.8 Å². The number of carbonyl (C=O) groups is 1. The molecular formula is C17H24Cl2N4O. The Morgan fingerprint density at radius 2 is 1.92 bits per heavy atom. The first-order chi connectivity index (χ1) is 10.8. The predicted octanol–water partition coefficient (Wildman–Crippen LogP) is 3.43. The number of hydrogen-bond donors (Lipinski definition) is 2. The quantitative estimate of drug-likeness (QED) is 0.847. The van der Waals surface area contributed by atoms with E-state index in [1.807, 2.05) is 35.0 Å². The van der Waals surface area contributed by atoms with Gasteiger partial charge in [0.25, 0.3) is 0 Å². The van der Waals surface area contributed by atoms with Crippen LogP contribution in [0.2, 0.25) is 0 Å². The molecule has 7 heteroatoms. The Kier molecular flexibility index (Phi) is 8.82. The van der Waals surface area contributed by atoms with Crippen LogP contribution in [0.5, 0.6) is 0 Å². The third kappa shape index (κ3) is 5.82. The molecule has 1 aromatic carbocycles. The smallest absolute Gasteiger partial charge is 0.224 e. The van der Waals surface area contributed by atoms with Gasteiger partial charge in [-0.25, -0.2) is 4.98 Å². The van der Waals surface area contributed by atoms with Crippen molar-refractivity contribution in [2.24, 2.45) is 5.92 Å². The Hall–Kier alpha value is -1.56. The van der Waals surface area contributed by atoms with Gasteiger partial charge in [-0.1, -0.05) is 0 Å². The molecule has 2 heterocycles. The van der Waals surface area contributed by atoms with Crippen molar-refractivity contribution in [2.75, 3.05) is 18.4 Å². The van der Waals surface area contributed by atoms with Crippen LogP contribution in [0, 0.1) is 5.92 Å². The Balaban J connectivity index is 0.00000144. The zero-order valence-corrected chi connectivity index (χ0v) is 15.1. The number of amides is 1. The minimum atomic E-state index is 0. The van der Waals surface area contributed by atoms with Gasteiger partial charge in [-0.05, 0) is 62.5 Å². The minimum Gasteiger partial charge on any atom is -0.326 e. The van der Waals surface area contributed by atoms with Gasteiger partial charge >= 0.3 is 0 Å². The van der Waals surface area contributed by atoms with E-state index >= 15 is 0 Å². The maximum atomic E-state index is 12.0. The summed E-state index contributed by atoms with van der Waals surface area (Å²) in [6.45, 7) is 2.17. The van der Waals surface area contributed by atoms with Gasteiger partial charge in [-0.3, -0.25) is 4.79 Å². The first-order valence-electron chi connectivity index (χ1n) is 7.90. The number of hydrogen-bond acceptors (Lipinski definition) is 3. The van der Waals surface area contributed by atoms with E-state index in [1.54, 1.807) is 12.5 Å². The number of carbonyl (C=O) groups excluding carboxylic acids is 1. The average molecular weight is 371 g/mol. The number of imidazole rings is 1.